The number of rotatable bonds is 4. The summed E-state index contributed by atoms with van der Waals surface area (Å²) in [6.45, 7) is 4.65. The maximum absolute atomic E-state index is 5.91. The fourth-order valence-corrected chi connectivity index (χ4v) is 6.12. The van der Waals surface area contributed by atoms with Gasteiger partial charge in [0, 0.05) is 0 Å². The number of benzene rings is 1. The van der Waals surface area contributed by atoms with Crippen molar-refractivity contribution in [3.63, 3.8) is 0 Å². The van der Waals surface area contributed by atoms with Gasteiger partial charge in [-0.1, -0.05) is 0 Å². The van der Waals surface area contributed by atoms with E-state index >= 15 is 0 Å². The molecule has 0 aliphatic rings. The van der Waals surface area contributed by atoms with E-state index in [2.05, 4.69) is 26.0 Å². The average molecular weight is 234 g/mol. The Morgan fingerprint density at radius 1 is 1.15 bits per heavy atom. The van der Waals surface area contributed by atoms with Gasteiger partial charge in [0.25, 0.3) is 0 Å². The molecule has 1 rings (SSSR count). The van der Waals surface area contributed by atoms with Crippen LogP contribution in [-0.2, 0) is 4.98 Å². The van der Waals surface area contributed by atoms with Crippen LogP contribution in [0.2, 0.25) is 9.95 Å². The van der Waals surface area contributed by atoms with E-state index in [1.165, 1.54) is 20.5 Å². The Labute approximate surface area is 86.4 Å². The summed E-state index contributed by atoms with van der Waals surface area (Å²) in [6.07, 6.45) is 0. The van der Waals surface area contributed by atoms with E-state index in [-0.39, 0.29) is 0 Å². The summed E-state index contributed by atoms with van der Waals surface area (Å²) in [7, 11) is 0. The normalized spacial score (nSPS) is 10.0. The van der Waals surface area contributed by atoms with E-state index in [1.807, 2.05) is 12.1 Å². The van der Waals surface area contributed by atoms with E-state index in [0.29, 0.717) is 0 Å². The van der Waals surface area contributed by atoms with Gasteiger partial charge >= 0.3 is 86.2 Å². The molecule has 0 aliphatic carbocycles. The van der Waals surface area contributed by atoms with Crippen LogP contribution in [-0.4, -0.2) is 16.2 Å². The Morgan fingerprint density at radius 3 is 2.31 bits per heavy atom. The molecule has 0 bridgehead atoms. The molecule has 0 radical (unpaired) electrons. The minimum atomic E-state index is -0.985. The van der Waals surface area contributed by atoms with Gasteiger partial charge in [-0.05, 0) is 0 Å². The fourth-order valence-electron chi connectivity index (χ4n) is 1.61. The molecule has 1 aromatic carbocycles. The standard InChI is InChI=1S/C7H8N.2C2H5.Ga/c1-6-4-2-3-5-7(6)8;2*1-2;/h2-5H,1,8H2;2*1H2,2H3;. The Morgan fingerprint density at radius 2 is 1.77 bits per heavy atom. The molecule has 1 aromatic rings. The summed E-state index contributed by atoms with van der Waals surface area (Å²) < 4.78 is 0. The first-order chi connectivity index (χ1) is 6.27. The van der Waals surface area contributed by atoms with Gasteiger partial charge in [0.2, 0.25) is 0 Å². The predicted octanol–water partition coefficient (Wildman–Crippen LogP) is 2.89. The van der Waals surface area contributed by atoms with Crippen LogP contribution in [0.25, 0.3) is 0 Å². The van der Waals surface area contributed by atoms with Gasteiger partial charge in [0.1, 0.15) is 0 Å². The zero-order valence-electron chi connectivity index (χ0n) is 8.59. The average Bonchev–Trinajstić information content (AvgIpc) is 2.17. The maximum atomic E-state index is 5.91. The van der Waals surface area contributed by atoms with Gasteiger partial charge in [-0.3, -0.25) is 0 Å². The Hall–Kier alpha value is -0.344. The van der Waals surface area contributed by atoms with Gasteiger partial charge in [0.05, 0.1) is 0 Å². The first-order valence-corrected chi connectivity index (χ1v) is 10.2. The quantitative estimate of drug-likeness (QED) is 0.629. The zero-order valence-corrected chi connectivity index (χ0v) is 11.0. The summed E-state index contributed by atoms with van der Waals surface area (Å²) >= 11 is -0.985. The molecular formula is C11H18GaN. The molecule has 0 heterocycles. The van der Waals surface area contributed by atoms with E-state index in [4.69, 9.17) is 5.73 Å². The molecule has 70 valence electrons. The summed E-state index contributed by atoms with van der Waals surface area (Å²) in [4.78, 5) is 4.17. The van der Waals surface area contributed by atoms with Crippen LogP contribution in [0.4, 0.5) is 5.69 Å². The topological polar surface area (TPSA) is 26.0 Å². The van der Waals surface area contributed by atoms with Crippen LogP contribution < -0.4 is 5.73 Å². The van der Waals surface area contributed by atoms with Gasteiger partial charge in [-0.15, -0.1) is 0 Å². The van der Waals surface area contributed by atoms with Crippen LogP contribution in [0.1, 0.15) is 19.4 Å². The van der Waals surface area contributed by atoms with Crippen molar-refractivity contribution in [1.29, 1.82) is 0 Å². The molecule has 0 unspecified atom stereocenters. The molecule has 0 fully saturated rings. The minimum absolute atomic E-state index is 0.985. The number of anilines is 1. The van der Waals surface area contributed by atoms with Crippen molar-refractivity contribution >= 4 is 21.9 Å². The molecule has 0 aliphatic heterocycles. The summed E-state index contributed by atoms with van der Waals surface area (Å²) in [5.41, 5.74) is 8.28. The third-order valence-corrected chi connectivity index (χ3v) is 9.70. The van der Waals surface area contributed by atoms with Crippen molar-refractivity contribution in [3.05, 3.63) is 29.8 Å². The summed E-state index contributed by atoms with van der Waals surface area (Å²) in [5.74, 6) is 0. The van der Waals surface area contributed by atoms with Crippen LogP contribution >= 0.6 is 0 Å². The predicted molar refractivity (Wildman–Crippen MR) is 61.3 cm³/mol. The SMILES string of the molecule is C[CH2][Ga]([CH2]C)[CH2]c1ccccc1N. The Bertz CT molecular complexity index is 256. The Kier molecular flexibility index (Phi) is 4.46. The molecule has 0 atom stereocenters. The molecule has 13 heavy (non-hydrogen) atoms. The third kappa shape index (κ3) is 3.12. The van der Waals surface area contributed by atoms with E-state index in [0.717, 1.165) is 5.69 Å². The van der Waals surface area contributed by atoms with Gasteiger partial charge in [0.15, 0.2) is 0 Å². The summed E-state index contributed by atoms with van der Waals surface area (Å²) in [6, 6.07) is 8.30. The Balaban J connectivity index is 2.67. The van der Waals surface area contributed by atoms with Crippen molar-refractivity contribution in [3.8, 4) is 0 Å². The molecular weight excluding hydrogens is 216 g/mol. The first kappa shape index (κ1) is 10.7. The third-order valence-electron chi connectivity index (χ3n) is 2.72. The van der Waals surface area contributed by atoms with E-state index < -0.39 is 16.2 Å². The van der Waals surface area contributed by atoms with Crippen LogP contribution in [0, 0.1) is 0 Å². The molecule has 0 amide bonds. The molecule has 1 nitrogen and oxygen atoms in total. The second kappa shape index (κ2) is 5.40. The van der Waals surface area contributed by atoms with Crippen LogP contribution in [0.15, 0.2) is 24.3 Å². The number of hydrogen-bond donors (Lipinski definition) is 1. The molecule has 0 spiro atoms. The number of nitrogen functional groups attached to an aromatic ring is 1. The van der Waals surface area contributed by atoms with E-state index in [9.17, 15) is 0 Å². The van der Waals surface area contributed by atoms with Crippen LogP contribution in [0.5, 0.6) is 0 Å². The number of hydrogen-bond acceptors (Lipinski definition) is 1. The second-order valence-corrected chi connectivity index (χ2v) is 11.5. The molecule has 0 saturated carbocycles. The fraction of sp³-hybridized carbons (Fsp3) is 0.455. The van der Waals surface area contributed by atoms with E-state index in [1.54, 1.807) is 0 Å². The molecule has 2 heteroatoms. The van der Waals surface area contributed by atoms with Crippen molar-refractivity contribution in [2.75, 3.05) is 5.73 Å². The van der Waals surface area contributed by atoms with Gasteiger partial charge in [-0.2, -0.15) is 0 Å². The van der Waals surface area contributed by atoms with Crippen molar-refractivity contribution in [2.24, 2.45) is 0 Å². The number of para-hydroxylation sites is 1. The first-order valence-electron chi connectivity index (χ1n) is 5.11. The van der Waals surface area contributed by atoms with Gasteiger partial charge < -0.3 is 0 Å². The van der Waals surface area contributed by atoms with Crippen molar-refractivity contribution in [1.82, 2.24) is 0 Å². The molecule has 0 aromatic heterocycles. The second-order valence-electron chi connectivity index (χ2n) is 3.59. The zero-order chi connectivity index (χ0) is 9.68. The monoisotopic (exact) mass is 233 g/mol. The van der Waals surface area contributed by atoms with Gasteiger partial charge in [-0.25, -0.2) is 0 Å². The molecule has 2 N–H and O–H groups in total. The summed E-state index contributed by atoms with van der Waals surface area (Å²) in [5, 5.41) is 0. The number of nitrogens with two attached hydrogens (primary N) is 1. The molecule has 0 saturated heterocycles. The van der Waals surface area contributed by atoms with Crippen molar-refractivity contribution in [2.45, 2.75) is 28.8 Å². The van der Waals surface area contributed by atoms with Crippen molar-refractivity contribution < 1.29 is 0 Å². The van der Waals surface area contributed by atoms with Crippen LogP contribution in [0.3, 0.4) is 0 Å².